The van der Waals surface area contributed by atoms with Crippen LogP contribution in [0.4, 0.5) is 0 Å². The highest BCUT2D eigenvalue weighted by Gasteiger charge is 2.68. The fraction of sp³-hybridized carbons (Fsp3) is 0.914. The number of azide groups is 2. The molecular weight excluding hydrogens is 664 g/mol. The van der Waals surface area contributed by atoms with Crippen molar-refractivity contribution in [2.75, 3.05) is 6.61 Å². The molecule has 6 fully saturated rings. The Morgan fingerprint density at radius 3 is 2.22 bits per heavy atom. The summed E-state index contributed by atoms with van der Waals surface area (Å²) in [5, 5.41) is 52.9. The van der Waals surface area contributed by atoms with Crippen molar-refractivity contribution in [1.29, 1.82) is 0 Å². The van der Waals surface area contributed by atoms with Crippen LogP contribution in [-0.2, 0) is 28.5 Å². The zero-order valence-corrected chi connectivity index (χ0v) is 29.7. The van der Waals surface area contributed by atoms with Crippen molar-refractivity contribution in [3.05, 3.63) is 32.5 Å². The van der Waals surface area contributed by atoms with Gasteiger partial charge in [0.15, 0.2) is 12.6 Å². The van der Waals surface area contributed by atoms with E-state index in [1.165, 1.54) is 0 Å². The zero-order chi connectivity index (χ0) is 36.5. The number of aliphatic hydroxyl groups is 4. The molecule has 0 bridgehead atoms. The normalized spacial score (nSPS) is 52.3. The number of aliphatic hydroxyl groups excluding tert-OH is 3. The molecule has 282 valence electrons. The van der Waals surface area contributed by atoms with Crippen LogP contribution in [0.2, 0.25) is 0 Å². The van der Waals surface area contributed by atoms with Gasteiger partial charge in [0.05, 0.1) is 42.1 Å². The molecule has 51 heavy (non-hydrogen) atoms. The van der Waals surface area contributed by atoms with E-state index in [-0.39, 0.29) is 34.7 Å². The molecule has 7 unspecified atom stereocenters. The van der Waals surface area contributed by atoms with Gasteiger partial charge >= 0.3 is 5.97 Å². The number of nitrogens with zero attached hydrogens (tertiary/aromatic N) is 6. The maximum Gasteiger partial charge on any atom is 0.331 e. The SMILES string of the molecule is CC1O[C@@H](OC2[C@@H](N=[N+]=[N-])C(C)O[C@@H](O[C@H]3CCC4(C)C5CCC6(C)[C@@H](C7=CC(=O)OC7)CC[C@]6(O)[C@@H]5CC[C@@H]4C3)[C@H]2O)[C@@H](O)C(O)[C@H]1N=[N+]=[N-]. The summed E-state index contributed by atoms with van der Waals surface area (Å²) in [5.41, 5.74) is 18.1. The van der Waals surface area contributed by atoms with Crippen molar-refractivity contribution in [3.8, 4) is 0 Å². The van der Waals surface area contributed by atoms with Crippen LogP contribution in [0, 0.1) is 34.5 Å². The van der Waals surface area contributed by atoms with E-state index in [4.69, 9.17) is 29.2 Å². The predicted octanol–water partition coefficient (Wildman–Crippen LogP) is 3.94. The van der Waals surface area contributed by atoms with Gasteiger partial charge in [-0.15, -0.1) is 0 Å². The van der Waals surface area contributed by atoms with Gasteiger partial charge in [0.1, 0.15) is 24.9 Å². The second-order valence-electron chi connectivity index (χ2n) is 16.7. The lowest BCUT2D eigenvalue weighted by atomic mass is 9.43. The molecule has 4 saturated carbocycles. The Hall–Kier alpha value is -2.49. The third kappa shape index (κ3) is 5.96. The number of rotatable bonds is 7. The standard InChI is InChI=1S/C35H52N6O10/c1-16-25(38-40-36)27(43)28(44)31(48-16)51-30-26(39-41-37)17(2)49-32(29(30)45)50-20-7-10-33(3)19(14-20)5-6-23-22(33)8-11-34(4)21(9-12-35(23,34)46)18-13-24(42)47-15-18/h13,16-17,19-23,25-32,43-46H,5-12,14-15H2,1-4H3/t16?,17?,19-,20+,21-,22?,23-,25+,26+,27?,28+,29+,30?,31+,32+,33?,34?,35+/m1/s1. The lowest BCUT2D eigenvalue weighted by molar-refractivity contribution is -0.337. The van der Waals surface area contributed by atoms with Crippen LogP contribution in [-0.4, -0.2) is 106 Å². The number of hydrogen-bond donors (Lipinski definition) is 4. The average Bonchev–Trinajstić information content (AvgIpc) is 3.64. The van der Waals surface area contributed by atoms with E-state index in [0.717, 1.165) is 63.4 Å². The number of ether oxygens (including phenoxy) is 5. The molecule has 0 aromatic carbocycles. The number of esters is 1. The monoisotopic (exact) mass is 716 g/mol. The molecule has 0 spiro atoms. The largest absolute Gasteiger partial charge is 0.458 e. The molecule has 0 aromatic rings. The number of cyclic esters (lactones) is 1. The first kappa shape index (κ1) is 36.9. The Morgan fingerprint density at radius 2 is 1.53 bits per heavy atom. The van der Waals surface area contributed by atoms with Crippen LogP contribution in [0.15, 0.2) is 21.9 Å². The van der Waals surface area contributed by atoms with Crippen LogP contribution < -0.4 is 0 Å². The molecular formula is C35H52N6O10. The van der Waals surface area contributed by atoms with E-state index in [1.54, 1.807) is 19.9 Å². The third-order valence-corrected chi connectivity index (χ3v) is 14.5. The van der Waals surface area contributed by atoms with Crippen LogP contribution in [0.3, 0.4) is 0 Å². The molecule has 2 saturated heterocycles. The molecule has 3 aliphatic heterocycles. The molecule has 4 aliphatic carbocycles. The first-order valence-electron chi connectivity index (χ1n) is 18.6. The van der Waals surface area contributed by atoms with Crippen LogP contribution in [0.25, 0.3) is 20.9 Å². The molecule has 0 amide bonds. The number of fused-ring (bicyclic) bond motifs is 5. The van der Waals surface area contributed by atoms with Crippen LogP contribution in [0.5, 0.6) is 0 Å². The van der Waals surface area contributed by atoms with E-state index in [9.17, 15) is 30.8 Å². The van der Waals surface area contributed by atoms with Crippen molar-refractivity contribution >= 4 is 5.97 Å². The highest BCUT2D eigenvalue weighted by Crippen LogP contribution is 2.70. The smallest absolute Gasteiger partial charge is 0.331 e. The molecule has 18 atom stereocenters. The fourth-order valence-electron chi connectivity index (χ4n) is 11.7. The van der Waals surface area contributed by atoms with Gasteiger partial charge in [0, 0.05) is 21.3 Å². The van der Waals surface area contributed by atoms with Gasteiger partial charge in [0.25, 0.3) is 0 Å². The molecule has 3 heterocycles. The molecule has 4 N–H and O–H groups in total. The third-order valence-electron chi connectivity index (χ3n) is 14.5. The zero-order valence-electron chi connectivity index (χ0n) is 29.7. The summed E-state index contributed by atoms with van der Waals surface area (Å²) in [6.45, 7) is 8.20. The summed E-state index contributed by atoms with van der Waals surface area (Å²) in [5.74, 6) is 0.763. The Balaban J connectivity index is 1.03. The van der Waals surface area contributed by atoms with E-state index < -0.39 is 66.9 Å². The highest BCUT2D eigenvalue weighted by atomic mass is 16.7. The second-order valence-corrected chi connectivity index (χ2v) is 16.7. The van der Waals surface area contributed by atoms with E-state index in [2.05, 4.69) is 33.9 Å². The van der Waals surface area contributed by atoms with Crippen molar-refractivity contribution in [1.82, 2.24) is 0 Å². The number of carbonyl (C=O) groups excluding carboxylic acids is 1. The van der Waals surface area contributed by atoms with Gasteiger partial charge < -0.3 is 44.1 Å². The summed E-state index contributed by atoms with van der Waals surface area (Å²) < 4.78 is 29.7. The summed E-state index contributed by atoms with van der Waals surface area (Å²) in [7, 11) is 0. The summed E-state index contributed by atoms with van der Waals surface area (Å²) >= 11 is 0. The molecule has 16 nitrogen and oxygen atoms in total. The average molecular weight is 717 g/mol. The van der Waals surface area contributed by atoms with Gasteiger partial charge in [-0.05, 0) is 117 Å². The highest BCUT2D eigenvalue weighted by molar-refractivity contribution is 5.85. The topological polar surface area (TPSA) is 242 Å². The van der Waals surface area contributed by atoms with E-state index >= 15 is 0 Å². The van der Waals surface area contributed by atoms with Crippen LogP contribution >= 0.6 is 0 Å². The summed E-state index contributed by atoms with van der Waals surface area (Å²) in [6.07, 6.45) is -0.556. The Bertz CT molecular complexity index is 1490. The lowest BCUT2D eigenvalue weighted by Gasteiger charge is -2.64. The predicted molar refractivity (Wildman–Crippen MR) is 178 cm³/mol. The Morgan fingerprint density at radius 1 is 0.843 bits per heavy atom. The van der Waals surface area contributed by atoms with Crippen molar-refractivity contribution < 1.29 is 48.9 Å². The minimum Gasteiger partial charge on any atom is -0.458 e. The van der Waals surface area contributed by atoms with Gasteiger partial charge in [0.2, 0.25) is 0 Å². The van der Waals surface area contributed by atoms with Crippen LogP contribution in [0.1, 0.15) is 85.5 Å². The Kier molecular flexibility index (Phi) is 9.92. The first-order valence-corrected chi connectivity index (χ1v) is 18.6. The lowest BCUT2D eigenvalue weighted by Crippen LogP contribution is -2.63. The molecule has 7 rings (SSSR count). The summed E-state index contributed by atoms with van der Waals surface area (Å²) in [6, 6.07) is -2.05. The maximum absolute atomic E-state index is 12.6. The van der Waals surface area contributed by atoms with Gasteiger partial charge in [-0.25, -0.2) is 4.79 Å². The quantitative estimate of drug-likeness (QED) is 0.0972. The number of carbonyl (C=O) groups is 1. The van der Waals surface area contributed by atoms with Crippen molar-refractivity contribution in [2.45, 2.75) is 158 Å². The number of hydrogen-bond acceptors (Lipinski definition) is 12. The minimum absolute atomic E-state index is 0.0145. The van der Waals surface area contributed by atoms with E-state index in [0.29, 0.717) is 18.4 Å². The first-order chi connectivity index (χ1) is 24.3. The second kappa shape index (κ2) is 13.7. The minimum atomic E-state index is -1.61. The molecule has 0 aromatic heterocycles. The molecule has 7 aliphatic rings. The van der Waals surface area contributed by atoms with Crippen molar-refractivity contribution in [2.24, 2.45) is 44.7 Å². The van der Waals surface area contributed by atoms with Gasteiger partial charge in [-0.2, -0.15) is 0 Å². The maximum atomic E-state index is 12.6. The van der Waals surface area contributed by atoms with Crippen molar-refractivity contribution in [3.63, 3.8) is 0 Å². The molecule has 0 radical (unpaired) electrons. The Labute approximate surface area is 297 Å². The molecule has 16 heteroatoms. The summed E-state index contributed by atoms with van der Waals surface area (Å²) in [4.78, 5) is 17.6. The van der Waals surface area contributed by atoms with E-state index in [1.807, 2.05) is 0 Å². The van der Waals surface area contributed by atoms with Gasteiger partial charge in [-0.3, -0.25) is 0 Å². The fourth-order valence-corrected chi connectivity index (χ4v) is 11.7. The van der Waals surface area contributed by atoms with Gasteiger partial charge in [-0.1, -0.05) is 24.1 Å².